The number of ether oxygens (including phenoxy) is 3. The maximum atomic E-state index is 12.3. The van der Waals surface area contributed by atoms with Crippen molar-refractivity contribution in [2.75, 3.05) is 26.3 Å². The Morgan fingerprint density at radius 3 is 1.84 bits per heavy atom. The zero-order valence-electron chi connectivity index (χ0n) is 15.8. The van der Waals surface area contributed by atoms with Crippen LogP contribution in [0.15, 0.2) is 0 Å². The van der Waals surface area contributed by atoms with Crippen molar-refractivity contribution in [1.82, 2.24) is 4.90 Å². The van der Waals surface area contributed by atoms with Gasteiger partial charge in [-0.05, 0) is 59.3 Å². The van der Waals surface area contributed by atoms with Crippen LogP contribution in [0, 0.1) is 17.3 Å². The van der Waals surface area contributed by atoms with Gasteiger partial charge in [0.15, 0.2) is 5.41 Å². The monoisotopic (exact) mass is 355 g/mol. The molecule has 0 radical (unpaired) electrons. The molecule has 25 heavy (non-hydrogen) atoms. The summed E-state index contributed by atoms with van der Waals surface area (Å²) in [5.74, 6) is -0.488. The SMILES string of the molecule is CCOC(=O)C1(C(=O)OCC)CC(C2CN(C(=O)OC(C)(C)C)C2)C1. The lowest BCUT2D eigenvalue weighted by molar-refractivity contribution is -0.187. The van der Waals surface area contributed by atoms with Crippen LogP contribution >= 0.6 is 0 Å². The Hall–Kier alpha value is -1.79. The van der Waals surface area contributed by atoms with Crippen LogP contribution in [0.1, 0.15) is 47.5 Å². The molecule has 1 saturated carbocycles. The minimum absolute atomic E-state index is 0.215. The highest BCUT2D eigenvalue weighted by atomic mass is 16.6. The largest absolute Gasteiger partial charge is 0.465 e. The van der Waals surface area contributed by atoms with Crippen molar-refractivity contribution in [2.24, 2.45) is 17.3 Å². The lowest BCUT2D eigenvalue weighted by Crippen LogP contribution is -2.60. The first-order valence-corrected chi connectivity index (χ1v) is 8.95. The van der Waals surface area contributed by atoms with E-state index in [0.717, 1.165) is 0 Å². The van der Waals surface area contributed by atoms with E-state index in [1.54, 1.807) is 18.7 Å². The number of hydrogen-bond acceptors (Lipinski definition) is 6. The molecule has 1 aliphatic heterocycles. The summed E-state index contributed by atoms with van der Waals surface area (Å²) in [4.78, 5) is 38.2. The summed E-state index contributed by atoms with van der Waals surface area (Å²) in [6.45, 7) is 10.6. The molecule has 142 valence electrons. The van der Waals surface area contributed by atoms with Gasteiger partial charge in [0, 0.05) is 13.1 Å². The third-order valence-electron chi connectivity index (χ3n) is 4.78. The van der Waals surface area contributed by atoms with E-state index in [1.807, 2.05) is 20.8 Å². The fourth-order valence-electron chi connectivity index (χ4n) is 3.41. The third kappa shape index (κ3) is 4.07. The summed E-state index contributed by atoms with van der Waals surface area (Å²) in [5, 5.41) is 0. The highest BCUT2D eigenvalue weighted by molar-refractivity contribution is 6.01. The fraction of sp³-hybridized carbons (Fsp3) is 0.833. The highest BCUT2D eigenvalue weighted by Crippen LogP contribution is 2.52. The van der Waals surface area contributed by atoms with Gasteiger partial charge in [0.05, 0.1) is 13.2 Å². The Labute approximate surface area is 149 Å². The molecule has 0 atom stereocenters. The number of rotatable bonds is 5. The molecule has 1 heterocycles. The van der Waals surface area contributed by atoms with E-state index in [0.29, 0.717) is 25.9 Å². The maximum absolute atomic E-state index is 12.3. The molecule has 0 spiro atoms. The molecule has 1 saturated heterocycles. The van der Waals surface area contributed by atoms with E-state index in [1.165, 1.54) is 0 Å². The first kappa shape index (κ1) is 19.5. The molecule has 0 aromatic heterocycles. The summed E-state index contributed by atoms with van der Waals surface area (Å²) < 4.78 is 15.5. The Morgan fingerprint density at radius 2 is 1.44 bits per heavy atom. The van der Waals surface area contributed by atoms with Gasteiger partial charge in [0.25, 0.3) is 0 Å². The van der Waals surface area contributed by atoms with E-state index in [-0.39, 0.29) is 31.1 Å². The van der Waals surface area contributed by atoms with Crippen molar-refractivity contribution in [3.05, 3.63) is 0 Å². The van der Waals surface area contributed by atoms with Crippen molar-refractivity contribution < 1.29 is 28.6 Å². The first-order valence-electron chi connectivity index (χ1n) is 8.95. The van der Waals surface area contributed by atoms with E-state index in [4.69, 9.17) is 14.2 Å². The van der Waals surface area contributed by atoms with Crippen LogP contribution in [-0.4, -0.2) is 54.8 Å². The van der Waals surface area contributed by atoms with Gasteiger partial charge < -0.3 is 19.1 Å². The van der Waals surface area contributed by atoms with Crippen LogP contribution < -0.4 is 0 Å². The normalized spacial score (nSPS) is 20.3. The van der Waals surface area contributed by atoms with E-state index >= 15 is 0 Å². The molecule has 2 rings (SSSR count). The molecule has 2 aliphatic rings. The first-order chi connectivity index (χ1) is 11.6. The summed E-state index contributed by atoms with van der Waals surface area (Å²) in [7, 11) is 0. The van der Waals surface area contributed by atoms with Gasteiger partial charge in [-0.2, -0.15) is 0 Å². The van der Waals surface area contributed by atoms with Crippen molar-refractivity contribution in [1.29, 1.82) is 0 Å². The van der Waals surface area contributed by atoms with Crippen LogP contribution in [0.3, 0.4) is 0 Å². The second-order valence-electron chi connectivity index (χ2n) is 7.84. The zero-order valence-corrected chi connectivity index (χ0v) is 15.8. The molecule has 7 nitrogen and oxygen atoms in total. The molecule has 1 aliphatic carbocycles. The number of amides is 1. The van der Waals surface area contributed by atoms with Gasteiger partial charge in [-0.15, -0.1) is 0 Å². The van der Waals surface area contributed by atoms with Crippen molar-refractivity contribution in [3.63, 3.8) is 0 Å². The van der Waals surface area contributed by atoms with Crippen LogP contribution in [0.4, 0.5) is 4.79 Å². The minimum Gasteiger partial charge on any atom is -0.465 e. The van der Waals surface area contributed by atoms with Gasteiger partial charge in [0.1, 0.15) is 5.60 Å². The quantitative estimate of drug-likeness (QED) is 0.428. The smallest absolute Gasteiger partial charge is 0.410 e. The number of esters is 2. The van der Waals surface area contributed by atoms with Crippen molar-refractivity contribution in [3.8, 4) is 0 Å². The van der Waals surface area contributed by atoms with Gasteiger partial charge in [-0.3, -0.25) is 9.59 Å². The van der Waals surface area contributed by atoms with Crippen LogP contribution in [-0.2, 0) is 23.8 Å². The van der Waals surface area contributed by atoms with Gasteiger partial charge >= 0.3 is 18.0 Å². The zero-order chi connectivity index (χ0) is 18.8. The Kier molecular flexibility index (Phi) is 5.64. The molecule has 0 N–H and O–H groups in total. The minimum atomic E-state index is -1.16. The van der Waals surface area contributed by atoms with E-state index in [2.05, 4.69) is 0 Å². The average Bonchev–Trinajstić information content (AvgIpc) is 2.37. The van der Waals surface area contributed by atoms with Crippen LogP contribution in [0.25, 0.3) is 0 Å². The molecule has 7 heteroatoms. The summed E-state index contributed by atoms with van der Waals surface area (Å²) >= 11 is 0. The second kappa shape index (κ2) is 7.22. The van der Waals surface area contributed by atoms with E-state index < -0.39 is 23.0 Å². The number of nitrogens with zero attached hydrogens (tertiary/aromatic N) is 1. The van der Waals surface area contributed by atoms with Gasteiger partial charge in [-0.25, -0.2) is 4.79 Å². The van der Waals surface area contributed by atoms with Crippen molar-refractivity contribution in [2.45, 2.75) is 53.1 Å². The molecule has 0 aromatic carbocycles. The van der Waals surface area contributed by atoms with E-state index in [9.17, 15) is 14.4 Å². The summed E-state index contributed by atoms with van der Waals surface area (Å²) in [6, 6.07) is 0. The molecular formula is C18H29NO6. The molecule has 0 aromatic rings. The van der Waals surface area contributed by atoms with Crippen LogP contribution in [0.2, 0.25) is 0 Å². The lowest BCUT2D eigenvalue weighted by atomic mass is 9.57. The molecular weight excluding hydrogens is 326 g/mol. The third-order valence-corrected chi connectivity index (χ3v) is 4.78. The number of carbonyl (C=O) groups excluding carboxylic acids is 3. The van der Waals surface area contributed by atoms with Gasteiger partial charge in [-0.1, -0.05) is 0 Å². The lowest BCUT2D eigenvalue weighted by Gasteiger charge is -2.51. The maximum Gasteiger partial charge on any atom is 0.410 e. The molecule has 1 amide bonds. The average molecular weight is 355 g/mol. The number of carbonyl (C=O) groups is 3. The topological polar surface area (TPSA) is 82.1 Å². The predicted octanol–water partition coefficient (Wildman–Crippen LogP) is 2.38. The summed E-state index contributed by atoms with van der Waals surface area (Å²) in [5.41, 5.74) is -1.68. The Morgan fingerprint density at radius 1 is 0.960 bits per heavy atom. The Balaban J connectivity index is 1.88. The van der Waals surface area contributed by atoms with Gasteiger partial charge in [0.2, 0.25) is 0 Å². The molecule has 2 fully saturated rings. The Bertz CT molecular complexity index is 506. The highest BCUT2D eigenvalue weighted by Gasteiger charge is 2.61. The van der Waals surface area contributed by atoms with Crippen LogP contribution in [0.5, 0.6) is 0 Å². The number of hydrogen-bond donors (Lipinski definition) is 0. The summed E-state index contributed by atoms with van der Waals surface area (Å²) in [6.07, 6.45) is 0.541. The predicted molar refractivity (Wildman–Crippen MR) is 89.7 cm³/mol. The number of likely N-dealkylation sites (tertiary alicyclic amines) is 1. The molecule has 0 bridgehead atoms. The standard InChI is InChI=1S/C18H29NO6/c1-6-23-14(20)18(15(21)24-7-2)8-12(9-18)13-10-19(11-13)16(22)25-17(3,4)5/h12-13H,6-11H2,1-5H3. The van der Waals surface area contributed by atoms with Crippen molar-refractivity contribution >= 4 is 18.0 Å². The second-order valence-corrected chi connectivity index (χ2v) is 7.84. The molecule has 0 unspecified atom stereocenters. The fourth-order valence-corrected chi connectivity index (χ4v) is 3.41.